The lowest BCUT2D eigenvalue weighted by molar-refractivity contribution is 0.170. The maximum atomic E-state index is 11.7. The van der Waals surface area contributed by atoms with Crippen LogP contribution < -0.4 is 10.6 Å². The first-order valence-corrected chi connectivity index (χ1v) is 8.53. The molecule has 2 rings (SSSR count). The Labute approximate surface area is 140 Å². The molecule has 1 atom stereocenters. The Bertz CT molecular complexity index is 609. The standard InChI is InChI=1S/C17H23N3O2S/c1-12-13(2)23-16(20-12)8-9-18-17(22)19-11-15(21)10-14-6-4-3-5-7-14/h3-7,15,21H,8-11H2,1-2H3,(H2,18,19,22). The Balaban J connectivity index is 1.63. The van der Waals surface area contributed by atoms with Crippen molar-refractivity contribution in [3.05, 3.63) is 51.5 Å². The zero-order valence-corrected chi connectivity index (χ0v) is 14.3. The lowest BCUT2D eigenvalue weighted by atomic mass is 10.1. The minimum atomic E-state index is -0.590. The zero-order chi connectivity index (χ0) is 16.7. The lowest BCUT2D eigenvalue weighted by Crippen LogP contribution is -2.41. The maximum Gasteiger partial charge on any atom is 0.314 e. The number of carbonyl (C=O) groups excluding carboxylic acids is 1. The molecule has 0 aliphatic rings. The molecule has 3 N–H and O–H groups in total. The van der Waals surface area contributed by atoms with Gasteiger partial charge in [-0.15, -0.1) is 11.3 Å². The van der Waals surface area contributed by atoms with E-state index in [9.17, 15) is 9.90 Å². The number of thiazole rings is 1. The van der Waals surface area contributed by atoms with Crippen LogP contribution in [0.2, 0.25) is 0 Å². The third kappa shape index (κ3) is 6.00. The number of amides is 2. The number of aromatic nitrogens is 1. The molecule has 0 bridgehead atoms. The number of hydrogen-bond acceptors (Lipinski definition) is 4. The summed E-state index contributed by atoms with van der Waals surface area (Å²) in [5.74, 6) is 0. The average molecular weight is 333 g/mol. The Kier molecular flexibility index (Phi) is 6.55. The van der Waals surface area contributed by atoms with Crippen LogP contribution in [0.4, 0.5) is 4.79 Å². The first kappa shape index (κ1) is 17.4. The van der Waals surface area contributed by atoms with Gasteiger partial charge >= 0.3 is 6.03 Å². The number of urea groups is 1. The van der Waals surface area contributed by atoms with Crippen LogP contribution in [0.15, 0.2) is 30.3 Å². The van der Waals surface area contributed by atoms with Crippen molar-refractivity contribution in [1.82, 2.24) is 15.6 Å². The minimum Gasteiger partial charge on any atom is -0.391 e. The van der Waals surface area contributed by atoms with Gasteiger partial charge in [-0.2, -0.15) is 0 Å². The molecule has 0 saturated carbocycles. The molecule has 2 aromatic rings. The number of nitrogens with one attached hydrogen (secondary N) is 2. The van der Waals surface area contributed by atoms with Gasteiger partial charge in [0.1, 0.15) is 0 Å². The molecule has 124 valence electrons. The highest BCUT2D eigenvalue weighted by Gasteiger charge is 2.08. The number of benzene rings is 1. The topological polar surface area (TPSA) is 74.2 Å². The van der Waals surface area contributed by atoms with E-state index in [1.165, 1.54) is 4.88 Å². The fraction of sp³-hybridized carbons (Fsp3) is 0.412. The molecule has 6 heteroatoms. The largest absolute Gasteiger partial charge is 0.391 e. The van der Waals surface area contributed by atoms with Crippen LogP contribution in [0, 0.1) is 13.8 Å². The van der Waals surface area contributed by atoms with Gasteiger partial charge in [-0.25, -0.2) is 9.78 Å². The summed E-state index contributed by atoms with van der Waals surface area (Å²) in [6.45, 7) is 4.80. The number of hydrogen-bond donors (Lipinski definition) is 3. The van der Waals surface area contributed by atoms with Crippen LogP contribution in [0.3, 0.4) is 0 Å². The molecule has 0 fully saturated rings. The van der Waals surface area contributed by atoms with Crippen LogP contribution in [0.5, 0.6) is 0 Å². The molecule has 0 spiro atoms. The third-order valence-electron chi connectivity index (χ3n) is 3.51. The highest BCUT2D eigenvalue weighted by Crippen LogP contribution is 2.16. The predicted octanol–water partition coefficient (Wildman–Crippen LogP) is 2.21. The van der Waals surface area contributed by atoms with Gasteiger partial charge in [-0.05, 0) is 19.4 Å². The molecule has 0 aliphatic heterocycles. The Morgan fingerprint density at radius 3 is 2.65 bits per heavy atom. The highest BCUT2D eigenvalue weighted by atomic mass is 32.1. The Morgan fingerprint density at radius 2 is 2.00 bits per heavy atom. The highest BCUT2D eigenvalue weighted by molar-refractivity contribution is 7.11. The monoisotopic (exact) mass is 333 g/mol. The molecule has 0 saturated heterocycles. The molecular formula is C17H23N3O2S. The van der Waals surface area contributed by atoms with Crippen LogP contribution >= 0.6 is 11.3 Å². The molecule has 0 aliphatic carbocycles. The normalized spacial score (nSPS) is 12.0. The van der Waals surface area contributed by atoms with E-state index in [0.717, 1.165) is 22.7 Å². The van der Waals surface area contributed by atoms with Crippen molar-refractivity contribution in [2.24, 2.45) is 0 Å². The number of carbonyl (C=O) groups is 1. The summed E-state index contributed by atoms with van der Waals surface area (Å²) < 4.78 is 0. The smallest absolute Gasteiger partial charge is 0.314 e. The van der Waals surface area contributed by atoms with Crippen molar-refractivity contribution in [3.63, 3.8) is 0 Å². The number of aliphatic hydroxyl groups excluding tert-OH is 1. The summed E-state index contributed by atoms with van der Waals surface area (Å²) in [4.78, 5) is 17.4. The van der Waals surface area contributed by atoms with E-state index in [0.29, 0.717) is 13.0 Å². The van der Waals surface area contributed by atoms with E-state index in [-0.39, 0.29) is 12.6 Å². The molecule has 1 aromatic carbocycles. The zero-order valence-electron chi connectivity index (χ0n) is 13.5. The second-order valence-corrected chi connectivity index (χ2v) is 6.77. The van der Waals surface area contributed by atoms with Gasteiger partial charge < -0.3 is 15.7 Å². The summed E-state index contributed by atoms with van der Waals surface area (Å²) in [6.07, 6.45) is 0.658. The fourth-order valence-electron chi connectivity index (χ4n) is 2.16. The molecule has 1 aromatic heterocycles. The van der Waals surface area contributed by atoms with Gasteiger partial charge in [0.25, 0.3) is 0 Å². The van der Waals surface area contributed by atoms with Gasteiger partial charge in [-0.3, -0.25) is 0 Å². The predicted molar refractivity (Wildman–Crippen MR) is 92.8 cm³/mol. The third-order valence-corrected chi connectivity index (χ3v) is 4.64. The molecule has 1 heterocycles. The summed E-state index contributed by atoms with van der Waals surface area (Å²) in [5.41, 5.74) is 2.11. The summed E-state index contributed by atoms with van der Waals surface area (Å²) in [6, 6.07) is 9.46. The lowest BCUT2D eigenvalue weighted by Gasteiger charge is -2.12. The minimum absolute atomic E-state index is 0.232. The van der Waals surface area contributed by atoms with Crippen LogP contribution in [0.25, 0.3) is 0 Å². The summed E-state index contributed by atoms with van der Waals surface area (Å²) in [5, 5.41) is 16.4. The van der Waals surface area contributed by atoms with E-state index in [4.69, 9.17) is 0 Å². The molecule has 2 amide bonds. The molecule has 0 radical (unpaired) electrons. The number of nitrogens with zero attached hydrogens (tertiary/aromatic N) is 1. The SMILES string of the molecule is Cc1nc(CCNC(=O)NCC(O)Cc2ccccc2)sc1C. The van der Waals surface area contributed by atoms with Crippen LogP contribution in [0.1, 0.15) is 21.1 Å². The maximum absolute atomic E-state index is 11.7. The number of rotatable bonds is 7. The first-order valence-electron chi connectivity index (χ1n) is 7.71. The summed E-state index contributed by atoms with van der Waals surface area (Å²) >= 11 is 1.66. The molecule has 5 nitrogen and oxygen atoms in total. The average Bonchev–Trinajstić information content (AvgIpc) is 2.84. The van der Waals surface area contributed by atoms with Crippen molar-refractivity contribution in [2.45, 2.75) is 32.8 Å². The van der Waals surface area contributed by atoms with Gasteiger partial charge in [-0.1, -0.05) is 30.3 Å². The van der Waals surface area contributed by atoms with Crippen molar-refractivity contribution in [2.75, 3.05) is 13.1 Å². The van der Waals surface area contributed by atoms with Crippen LogP contribution in [-0.2, 0) is 12.8 Å². The van der Waals surface area contributed by atoms with Crippen molar-refractivity contribution in [1.29, 1.82) is 0 Å². The molecular weight excluding hydrogens is 310 g/mol. The van der Waals surface area contributed by atoms with E-state index in [1.807, 2.05) is 44.2 Å². The van der Waals surface area contributed by atoms with Gasteiger partial charge in [0.2, 0.25) is 0 Å². The fourth-order valence-corrected chi connectivity index (χ4v) is 3.09. The van der Waals surface area contributed by atoms with E-state index in [2.05, 4.69) is 15.6 Å². The van der Waals surface area contributed by atoms with Gasteiger partial charge in [0, 0.05) is 30.8 Å². The van der Waals surface area contributed by atoms with Gasteiger partial charge in [0.05, 0.1) is 16.8 Å². The van der Waals surface area contributed by atoms with Gasteiger partial charge in [0.15, 0.2) is 0 Å². The summed E-state index contributed by atoms with van der Waals surface area (Å²) in [7, 11) is 0. The second kappa shape index (κ2) is 8.64. The Hall–Kier alpha value is -1.92. The number of aliphatic hydroxyl groups is 1. The van der Waals surface area contributed by atoms with Crippen molar-refractivity contribution < 1.29 is 9.90 Å². The van der Waals surface area contributed by atoms with E-state index < -0.39 is 6.10 Å². The van der Waals surface area contributed by atoms with Crippen molar-refractivity contribution in [3.8, 4) is 0 Å². The number of aryl methyl sites for hydroxylation is 2. The molecule has 23 heavy (non-hydrogen) atoms. The van der Waals surface area contributed by atoms with E-state index in [1.54, 1.807) is 11.3 Å². The molecule has 1 unspecified atom stereocenters. The Morgan fingerprint density at radius 1 is 1.26 bits per heavy atom. The first-order chi connectivity index (χ1) is 11.0. The second-order valence-electron chi connectivity index (χ2n) is 5.48. The van der Waals surface area contributed by atoms with E-state index >= 15 is 0 Å². The van der Waals surface area contributed by atoms with Crippen LogP contribution in [-0.4, -0.2) is 35.3 Å². The quantitative estimate of drug-likeness (QED) is 0.727. The van der Waals surface area contributed by atoms with Crippen molar-refractivity contribution >= 4 is 17.4 Å².